The maximum absolute atomic E-state index is 12.3. The van der Waals surface area contributed by atoms with Gasteiger partial charge in [-0.05, 0) is 12.3 Å². The van der Waals surface area contributed by atoms with Crippen LogP contribution in [0, 0.1) is 11.4 Å². The molecule has 0 saturated carbocycles. The molecule has 36 heavy (non-hydrogen) atoms. The first-order valence-corrected chi connectivity index (χ1v) is 12.0. The lowest BCUT2D eigenvalue weighted by atomic mass is 10.1. The number of rotatable bonds is 15. The fourth-order valence-electron chi connectivity index (χ4n) is 3.77. The topological polar surface area (TPSA) is 199 Å². The fraction of sp³-hybridized carbons (Fsp3) is 0.727. The van der Waals surface area contributed by atoms with Gasteiger partial charge in [0.25, 0.3) is 0 Å². The number of allylic oxidation sites excluding steroid dienone is 1. The van der Waals surface area contributed by atoms with Crippen molar-refractivity contribution in [3.05, 3.63) is 11.9 Å². The molecule has 1 unspecified atom stereocenters. The average molecular weight is 514 g/mol. The molecule has 1 heterocycles. The van der Waals surface area contributed by atoms with E-state index in [0.29, 0.717) is 45.0 Å². The maximum Gasteiger partial charge on any atom is 0.320 e. The van der Waals surface area contributed by atoms with Crippen molar-refractivity contribution in [3.63, 3.8) is 0 Å². The molecule has 204 valence electrons. The van der Waals surface area contributed by atoms with Crippen molar-refractivity contribution < 1.29 is 34.5 Å². The molecule has 1 aliphatic heterocycles. The second-order valence-electron chi connectivity index (χ2n) is 8.91. The van der Waals surface area contributed by atoms with Gasteiger partial charge >= 0.3 is 17.9 Å². The van der Waals surface area contributed by atoms with E-state index in [2.05, 4.69) is 15.7 Å². The molecule has 0 aromatic carbocycles. The molecular formula is C22H39N7O7. The Hall–Kier alpha value is -3.10. The lowest BCUT2D eigenvalue weighted by molar-refractivity contribution is -0.144. The third kappa shape index (κ3) is 12.6. The van der Waals surface area contributed by atoms with Gasteiger partial charge in [0, 0.05) is 65.0 Å². The quantitative estimate of drug-likeness (QED) is 0.122. The fourth-order valence-corrected chi connectivity index (χ4v) is 3.77. The van der Waals surface area contributed by atoms with Crippen LogP contribution in [-0.2, 0) is 19.2 Å². The second kappa shape index (κ2) is 16.5. The molecule has 6 N–H and O–H groups in total. The van der Waals surface area contributed by atoms with Crippen LogP contribution in [0.1, 0.15) is 26.7 Å². The molecule has 1 fully saturated rings. The smallest absolute Gasteiger partial charge is 0.320 e. The number of carbonyl (C=O) groups excluding carboxylic acids is 1. The van der Waals surface area contributed by atoms with E-state index in [-0.39, 0.29) is 50.8 Å². The van der Waals surface area contributed by atoms with Gasteiger partial charge in [-0.3, -0.25) is 33.9 Å². The van der Waals surface area contributed by atoms with Crippen molar-refractivity contribution in [3.8, 4) is 0 Å². The Morgan fingerprint density at radius 3 is 1.89 bits per heavy atom. The van der Waals surface area contributed by atoms with Gasteiger partial charge in [0.05, 0.1) is 18.8 Å². The minimum absolute atomic E-state index is 0.0136. The molecule has 0 bridgehead atoms. The Morgan fingerprint density at radius 2 is 1.44 bits per heavy atom. The monoisotopic (exact) mass is 513 g/mol. The van der Waals surface area contributed by atoms with Gasteiger partial charge in [0.2, 0.25) is 5.91 Å². The Balaban J connectivity index is 2.69. The number of carbonyl (C=O) groups is 4. The molecule has 14 heteroatoms. The zero-order valence-electron chi connectivity index (χ0n) is 21.0. The third-order valence-electron chi connectivity index (χ3n) is 5.79. The summed E-state index contributed by atoms with van der Waals surface area (Å²) in [4.78, 5) is 51.7. The first-order valence-electron chi connectivity index (χ1n) is 12.0. The average Bonchev–Trinajstić information content (AvgIpc) is 2.87. The molecule has 0 radical (unpaired) electrons. The minimum atomic E-state index is -1.09. The molecule has 0 aliphatic carbocycles. The predicted octanol–water partition coefficient (Wildman–Crippen LogP) is -0.457. The van der Waals surface area contributed by atoms with Crippen LogP contribution in [0.2, 0.25) is 0 Å². The summed E-state index contributed by atoms with van der Waals surface area (Å²) < 4.78 is 0. The van der Waals surface area contributed by atoms with E-state index in [0.717, 1.165) is 0 Å². The number of nitrogens with one attached hydrogen (secondary N) is 3. The third-order valence-corrected chi connectivity index (χ3v) is 5.79. The molecular weight excluding hydrogens is 474 g/mol. The number of hydrogen-bond acceptors (Lipinski definition) is 10. The Bertz CT molecular complexity index is 763. The summed E-state index contributed by atoms with van der Waals surface area (Å²) in [6.07, 6.45) is 1.66. The van der Waals surface area contributed by atoms with E-state index in [4.69, 9.17) is 15.7 Å². The van der Waals surface area contributed by atoms with Crippen molar-refractivity contribution in [2.75, 3.05) is 65.4 Å². The number of aliphatic carboxylic acids is 3. The van der Waals surface area contributed by atoms with Crippen LogP contribution in [0.25, 0.3) is 0 Å². The number of carboxylic acid groups (broad SMARTS) is 3. The molecule has 0 spiro atoms. The summed E-state index contributed by atoms with van der Waals surface area (Å²) in [6.45, 7) is 5.98. The van der Waals surface area contributed by atoms with Gasteiger partial charge in [-0.15, -0.1) is 0 Å². The van der Waals surface area contributed by atoms with Crippen LogP contribution in [0.5, 0.6) is 0 Å². The maximum atomic E-state index is 12.3. The lowest BCUT2D eigenvalue weighted by Crippen LogP contribution is -2.47. The van der Waals surface area contributed by atoms with Crippen molar-refractivity contribution in [2.24, 2.45) is 11.0 Å². The van der Waals surface area contributed by atoms with Crippen LogP contribution in [0.15, 0.2) is 17.0 Å². The minimum Gasteiger partial charge on any atom is -0.480 e. The van der Waals surface area contributed by atoms with Gasteiger partial charge in [-0.2, -0.15) is 5.11 Å². The summed E-state index contributed by atoms with van der Waals surface area (Å²) in [5, 5.41) is 37.3. The highest BCUT2D eigenvalue weighted by molar-refractivity contribution is 5.78. The predicted molar refractivity (Wildman–Crippen MR) is 129 cm³/mol. The molecule has 0 aromatic heterocycles. The highest BCUT2D eigenvalue weighted by Gasteiger charge is 2.28. The first kappa shape index (κ1) is 30.9. The van der Waals surface area contributed by atoms with Gasteiger partial charge in [0.15, 0.2) is 0 Å². The Morgan fingerprint density at radius 1 is 0.917 bits per heavy atom. The van der Waals surface area contributed by atoms with E-state index in [1.54, 1.807) is 20.9 Å². The number of hydrogen-bond donors (Lipinski definition) is 6. The molecule has 1 aliphatic rings. The highest BCUT2D eigenvalue weighted by atomic mass is 16.4. The summed E-state index contributed by atoms with van der Waals surface area (Å²) >= 11 is 0. The Kier molecular flexibility index (Phi) is 14.2. The summed E-state index contributed by atoms with van der Waals surface area (Å²) in [5.74, 6) is -3.33. The largest absolute Gasteiger partial charge is 0.480 e. The number of carboxylic acids is 3. The molecule has 1 rings (SSSR count). The molecule has 0 aromatic rings. The van der Waals surface area contributed by atoms with E-state index in [1.165, 1.54) is 0 Å². The summed E-state index contributed by atoms with van der Waals surface area (Å²) in [7, 11) is 0. The van der Waals surface area contributed by atoms with E-state index < -0.39 is 23.9 Å². The number of nitrogens with zero attached hydrogens (tertiary/aromatic N) is 4. The van der Waals surface area contributed by atoms with Crippen molar-refractivity contribution in [1.29, 1.82) is 5.53 Å². The van der Waals surface area contributed by atoms with E-state index >= 15 is 0 Å². The van der Waals surface area contributed by atoms with Gasteiger partial charge in [0.1, 0.15) is 6.04 Å². The molecule has 1 amide bonds. The Labute approximate surface area is 210 Å². The van der Waals surface area contributed by atoms with Crippen LogP contribution < -0.4 is 10.6 Å². The zero-order chi connectivity index (χ0) is 27.1. The normalized spacial score (nSPS) is 17.5. The first-order chi connectivity index (χ1) is 17.0. The van der Waals surface area contributed by atoms with Crippen LogP contribution in [0.3, 0.4) is 0 Å². The van der Waals surface area contributed by atoms with E-state index in [9.17, 15) is 24.3 Å². The van der Waals surface area contributed by atoms with Crippen LogP contribution in [0.4, 0.5) is 0 Å². The second-order valence-corrected chi connectivity index (χ2v) is 8.91. The van der Waals surface area contributed by atoms with Gasteiger partial charge in [-0.25, -0.2) is 5.53 Å². The molecule has 14 nitrogen and oxygen atoms in total. The summed E-state index contributed by atoms with van der Waals surface area (Å²) in [5.41, 5.74) is 7.69. The van der Waals surface area contributed by atoms with Gasteiger partial charge in [-0.1, -0.05) is 13.8 Å². The highest BCUT2D eigenvalue weighted by Crippen LogP contribution is 2.11. The lowest BCUT2D eigenvalue weighted by Gasteiger charge is -2.30. The SMILES string of the molecule is CC(C)/C(=C/NCCNC(=O)CCC(C(=O)O)N1CCN(CC(=O)O)CCN(CC(=O)O)CC1)N=N. The van der Waals surface area contributed by atoms with E-state index in [1.807, 2.05) is 13.8 Å². The molecule has 1 saturated heterocycles. The van der Waals surface area contributed by atoms with Crippen LogP contribution in [-0.4, -0.2) is 125 Å². The molecule has 1 atom stereocenters. The van der Waals surface area contributed by atoms with Crippen molar-refractivity contribution in [2.45, 2.75) is 32.7 Å². The number of amides is 1. The van der Waals surface area contributed by atoms with Crippen LogP contribution >= 0.6 is 0 Å². The zero-order valence-corrected chi connectivity index (χ0v) is 21.0. The van der Waals surface area contributed by atoms with Crippen molar-refractivity contribution in [1.82, 2.24) is 25.3 Å². The van der Waals surface area contributed by atoms with Gasteiger partial charge < -0.3 is 26.0 Å². The standard InChI is InChI=1S/C22H39N7O7/c1-16(2)17(26-23)13-24-5-6-25-19(30)4-3-18(22(35)36)29-11-9-27(14-20(31)32)7-8-28(10-12-29)15-21(33)34/h13,16,18,23-24H,3-12,14-15H2,1-2H3,(H,25,30)(H,31,32)(H,33,34)(H,35,36)/b17-13-,26-23?. The van der Waals surface area contributed by atoms with Crippen molar-refractivity contribution >= 4 is 23.8 Å². The summed E-state index contributed by atoms with van der Waals surface area (Å²) in [6, 6.07) is -0.972.